The molecule has 0 aromatic heterocycles. The van der Waals surface area contributed by atoms with Crippen molar-refractivity contribution in [3.05, 3.63) is 28.8 Å². The van der Waals surface area contributed by atoms with E-state index in [2.05, 4.69) is 5.32 Å². The molecule has 0 aliphatic carbocycles. The van der Waals surface area contributed by atoms with Crippen LogP contribution in [0.5, 0.6) is 0 Å². The number of nitrogens with one attached hydrogen (secondary N) is 1. The van der Waals surface area contributed by atoms with Crippen molar-refractivity contribution in [1.29, 1.82) is 0 Å². The molecular weight excluding hydrogens is 284 g/mol. The van der Waals surface area contributed by atoms with Gasteiger partial charge in [0.1, 0.15) is 0 Å². The van der Waals surface area contributed by atoms with Crippen molar-refractivity contribution < 1.29 is 19.4 Å². The summed E-state index contributed by atoms with van der Waals surface area (Å²) in [5.41, 5.74) is 0.192. The van der Waals surface area contributed by atoms with E-state index >= 15 is 0 Å². The number of ether oxygens (including phenoxy) is 1. The second kappa shape index (κ2) is 6.11. The predicted molar refractivity (Wildman–Crippen MR) is 74.4 cm³/mol. The quantitative estimate of drug-likeness (QED) is 0.878. The molecule has 0 saturated carbocycles. The minimum Gasteiger partial charge on any atom is -0.478 e. The highest BCUT2D eigenvalue weighted by atomic mass is 35.5. The maximum absolute atomic E-state index is 12.2. The molecule has 1 fully saturated rings. The molecule has 6 nitrogen and oxygen atoms in total. The van der Waals surface area contributed by atoms with Crippen LogP contribution in [0.4, 0.5) is 10.5 Å². The number of carbonyl (C=O) groups is 2. The zero-order chi connectivity index (χ0) is 14.7. The van der Waals surface area contributed by atoms with E-state index in [1.54, 1.807) is 4.90 Å². The van der Waals surface area contributed by atoms with Crippen molar-refractivity contribution in [1.82, 2.24) is 4.90 Å². The van der Waals surface area contributed by atoms with E-state index in [-0.39, 0.29) is 23.3 Å². The summed E-state index contributed by atoms with van der Waals surface area (Å²) in [6.07, 6.45) is 0. The number of carbonyl (C=O) groups excluding carboxylic acids is 1. The van der Waals surface area contributed by atoms with Crippen LogP contribution in [-0.4, -0.2) is 47.8 Å². The van der Waals surface area contributed by atoms with Crippen LogP contribution in [0.3, 0.4) is 0 Å². The highest BCUT2D eigenvalue weighted by molar-refractivity contribution is 6.31. The van der Waals surface area contributed by atoms with Crippen LogP contribution >= 0.6 is 11.6 Å². The second-order valence-electron chi connectivity index (χ2n) is 4.54. The van der Waals surface area contributed by atoms with Gasteiger partial charge in [-0.15, -0.1) is 0 Å². The third-order valence-corrected chi connectivity index (χ3v) is 3.32. The Balaban J connectivity index is 2.17. The van der Waals surface area contributed by atoms with Gasteiger partial charge < -0.3 is 20.1 Å². The van der Waals surface area contributed by atoms with Gasteiger partial charge in [0.25, 0.3) is 0 Å². The lowest BCUT2D eigenvalue weighted by atomic mass is 10.2. The van der Waals surface area contributed by atoms with E-state index in [0.717, 1.165) is 0 Å². The number of amides is 2. The van der Waals surface area contributed by atoms with Crippen LogP contribution in [0.1, 0.15) is 17.3 Å². The Bertz CT molecular complexity index is 535. The first-order valence-electron chi connectivity index (χ1n) is 6.17. The topological polar surface area (TPSA) is 78.9 Å². The molecule has 1 atom stereocenters. The lowest BCUT2D eigenvalue weighted by Crippen LogP contribution is -2.49. The normalized spacial score (nSPS) is 18.7. The summed E-state index contributed by atoms with van der Waals surface area (Å²) in [5.74, 6) is -1.14. The van der Waals surface area contributed by atoms with Gasteiger partial charge in [-0.3, -0.25) is 0 Å². The SMILES string of the molecule is CC1COCCN1C(=O)Nc1ccc(Cl)cc1C(=O)O. The summed E-state index contributed by atoms with van der Waals surface area (Å²) < 4.78 is 5.26. The molecule has 2 amide bonds. The van der Waals surface area contributed by atoms with Crippen molar-refractivity contribution in [3.8, 4) is 0 Å². The van der Waals surface area contributed by atoms with Gasteiger partial charge in [0.05, 0.1) is 30.5 Å². The van der Waals surface area contributed by atoms with E-state index in [1.807, 2.05) is 6.92 Å². The van der Waals surface area contributed by atoms with Crippen LogP contribution in [0.15, 0.2) is 18.2 Å². The number of hydrogen-bond acceptors (Lipinski definition) is 3. The molecule has 0 bridgehead atoms. The van der Waals surface area contributed by atoms with Gasteiger partial charge in [-0.25, -0.2) is 9.59 Å². The Labute approximate surface area is 121 Å². The Kier molecular flexibility index (Phi) is 4.46. The lowest BCUT2D eigenvalue weighted by molar-refractivity contribution is 0.0221. The number of carboxylic acids is 1. The number of halogens is 1. The number of urea groups is 1. The highest BCUT2D eigenvalue weighted by Crippen LogP contribution is 2.21. The molecule has 2 rings (SSSR count). The van der Waals surface area contributed by atoms with E-state index in [4.69, 9.17) is 21.4 Å². The number of rotatable bonds is 2. The largest absolute Gasteiger partial charge is 0.478 e. The average molecular weight is 299 g/mol. The van der Waals surface area contributed by atoms with E-state index in [1.165, 1.54) is 18.2 Å². The monoisotopic (exact) mass is 298 g/mol. The molecule has 1 aromatic carbocycles. The van der Waals surface area contributed by atoms with Gasteiger partial charge in [0, 0.05) is 11.6 Å². The molecule has 1 aromatic rings. The van der Waals surface area contributed by atoms with Crippen LogP contribution in [-0.2, 0) is 4.74 Å². The minimum atomic E-state index is -1.14. The Morgan fingerprint density at radius 1 is 1.50 bits per heavy atom. The number of hydrogen-bond donors (Lipinski definition) is 2. The smallest absolute Gasteiger partial charge is 0.337 e. The van der Waals surface area contributed by atoms with Gasteiger partial charge in [-0.05, 0) is 25.1 Å². The molecule has 1 heterocycles. The molecule has 1 aliphatic heterocycles. The zero-order valence-electron chi connectivity index (χ0n) is 10.9. The fourth-order valence-corrected chi connectivity index (χ4v) is 2.19. The first-order valence-corrected chi connectivity index (χ1v) is 6.55. The zero-order valence-corrected chi connectivity index (χ0v) is 11.7. The summed E-state index contributed by atoms with van der Waals surface area (Å²) in [7, 11) is 0. The molecular formula is C13H15ClN2O4. The molecule has 2 N–H and O–H groups in total. The summed E-state index contributed by atoms with van der Waals surface area (Å²) in [4.78, 5) is 24.9. The van der Waals surface area contributed by atoms with Crippen molar-refractivity contribution in [2.75, 3.05) is 25.1 Å². The summed E-state index contributed by atoms with van der Waals surface area (Å²) in [5, 5.41) is 12.0. The van der Waals surface area contributed by atoms with Crippen molar-refractivity contribution in [2.45, 2.75) is 13.0 Å². The van der Waals surface area contributed by atoms with E-state index in [0.29, 0.717) is 24.8 Å². The second-order valence-corrected chi connectivity index (χ2v) is 4.98. The number of benzene rings is 1. The average Bonchev–Trinajstić information content (AvgIpc) is 2.41. The summed E-state index contributed by atoms with van der Waals surface area (Å²) in [6.45, 7) is 3.30. The predicted octanol–water partition coefficient (Wildman–Crippen LogP) is 2.29. The van der Waals surface area contributed by atoms with Crippen LogP contribution < -0.4 is 5.32 Å². The molecule has 0 spiro atoms. The third kappa shape index (κ3) is 3.20. The summed E-state index contributed by atoms with van der Waals surface area (Å²) >= 11 is 5.77. The Hall–Kier alpha value is -1.79. The van der Waals surface area contributed by atoms with Crippen LogP contribution in [0, 0.1) is 0 Å². The standard InChI is InChI=1S/C13H15ClN2O4/c1-8-7-20-5-4-16(8)13(19)15-11-3-2-9(14)6-10(11)12(17)18/h2-3,6,8H,4-5,7H2,1H3,(H,15,19)(H,17,18). The van der Waals surface area contributed by atoms with Crippen molar-refractivity contribution in [2.24, 2.45) is 0 Å². The number of anilines is 1. The molecule has 0 radical (unpaired) electrons. The van der Waals surface area contributed by atoms with Crippen molar-refractivity contribution >= 4 is 29.3 Å². The van der Waals surface area contributed by atoms with Gasteiger partial charge in [-0.2, -0.15) is 0 Å². The summed E-state index contributed by atoms with van der Waals surface area (Å²) in [6, 6.07) is 3.93. The molecule has 7 heteroatoms. The first-order chi connectivity index (χ1) is 9.49. The fourth-order valence-electron chi connectivity index (χ4n) is 2.02. The Morgan fingerprint density at radius 2 is 2.25 bits per heavy atom. The highest BCUT2D eigenvalue weighted by Gasteiger charge is 2.24. The molecule has 1 unspecified atom stereocenters. The number of morpholine rings is 1. The third-order valence-electron chi connectivity index (χ3n) is 3.08. The van der Waals surface area contributed by atoms with E-state index in [9.17, 15) is 9.59 Å². The van der Waals surface area contributed by atoms with Gasteiger partial charge in [-0.1, -0.05) is 11.6 Å². The van der Waals surface area contributed by atoms with Crippen molar-refractivity contribution in [3.63, 3.8) is 0 Å². The number of aromatic carboxylic acids is 1. The molecule has 1 saturated heterocycles. The van der Waals surface area contributed by atoms with Crippen LogP contribution in [0.2, 0.25) is 5.02 Å². The Morgan fingerprint density at radius 3 is 2.90 bits per heavy atom. The molecule has 108 valence electrons. The fraction of sp³-hybridized carbons (Fsp3) is 0.385. The maximum atomic E-state index is 12.2. The lowest BCUT2D eigenvalue weighted by Gasteiger charge is -2.33. The van der Waals surface area contributed by atoms with Gasteiger partial charge in [0.2, 0.25) is 0 Å². The maximum Gasteiger partial charge on any atom is 0.337 e. The van der Waals surface area contributed by atoms with Gasteiger partial charge >= 0.3 is 12.0 Å². The minimum absolute atomic E-state index is 0.0354. The van der Waals surface area contributed by atoms with E-state index < -0.39 is 5.97 Å². The van der Waals surface area contributed by atoms with Crippen LogP contribution in [0.25, 0.3) is 0 Å². The first kappa shape index (κ1) is 14.6. The molecule has 1 aliphatic rings. The molecule has 20 heavy (non-hydrogen) atoms. The van der Waals surface area contributed by atoms with Gasteiger partial charge in [0.15, 0.2) is 0 Å². The number of nitrogens with zero attached hydrogens (tertiary/aromatic N) is 1. The number of carboxylic acid groups (broad SMARTS) is 1.